The fourth-order valence-corrected chi connectivity index (χ4v) is 5.08. The molecule has 2 atom stereocenters. The molecular formula is C29H31NO7. The van der Waals surface area contributed by atoms with E-state index < -0.39 is 17.9 Å². The van der Waals surface area contributed by atoms with Crippen LogP contribution < -0.4 is 19.5 Å². The Labute approximate surface area is 216 Å². The van der Waals surface area contributed by atoms with Crippen LogP contribution in [-0.2, 0) is 19.1 Å². The molecule has 0 amide bonds. The third-order valence-electron chi connectivity index (χ3n) is 6.67. The largest absolute Gasteiger partial charge is 0.497 e. The highest BCUT2D eigenvalue weighted by molar-refractivity contribution is 6.04. The maximum atomic E-state index is 13.7. The Morgan fingerprint density at radius 1 is 1.00 bits per heavy atom. The summed E-state index contributed by atoms with van der Waals surface area (Å²) in [6.45, 7) is 5.29. The highest BCUT2D eigenvalue weighted by Gasteiger charge is 2.41. The van der Waals surface area contributed by atoms with Gasteiger partial charge in [-0.2, -0.15) is 0 Å². The second-order valence-corrected chi connectivity index (χ2v) is 9.01. The Hall–Kier alpha value is -4.07. The predicted octanol–water partition coefficient (Wildman–Crippen LogP) is 4.55. The van der Waals surface area contributed by atoms with Crippen molar-refractivity contribution in [3.63, 3.8) is 0 Å². The number of dihydropyridines is 1. The van der Waals surface area contributed by atoms with Crippen molar-refractivity contribution in [1.29, 1.82) is 0 Å². The number of rotatable bonds is 7. The van der Waals surface area contributed by atoms with Crippen molar-refractivity contribution in [1.82, 2.24) is 5.32 Å². The fraction of sp³-hybridized carbons (Fsp3) is 0.345. The quantitative estimate of drug-likeness (QED) is 0.432. The van der Waals surface area contributed by atoms with E-state index in [9.17, 15) is 14.4 Å². The minimum Gasteiger partial charge on any atom is -0.497 e. The molecule has 1 aliphatic heterocycles. The summed E-state index contributed by atoms with van der Waals surface area (Å²) in [4.78, 5) is 38.2. The lowest BCUT2D eigenvalue weighted by Gasteiger charge is -2.36. The lowest BCUT2D eigenvalue weighted by molar-refractivity contribution is -0.136. The molecule has 0 bridgehead atoms. The van der Waals surface area contributed by atoms with Crippen molar-refractivity contribution in [3.8, 4) is 17.2 Å². The molecule has 1 N–H and O–H groups in total. The summed E-state index contributed by atoms with van der Waals surface area (Å²) in [6.07, 6.45) is 0.917. The van der Waals surface area contributed by atoms with Crippen LogP contribution in [0.15, 0.2) is 65.0 Å². The van der Waals surface area contributed by atoms with Gasteiger partial charge in [-0.15, -0.1) is 0 Å². The standard InChI is InChI=1S/C29H31NO7/c1-6-36-25-15-19(9-12-24(25)37-17(3)31)27-26(29(33)35-5)16(2)30-22-13-20(14-23(32)28(22)27)18-7-10-21(34-4)11-8-18/h7-12,15,20,27,30H,6,13-14H2,1-5H3/t20-,27+/m0/s1. The average Bonchev–Trinajstić information content (AvgIpc) is 2.88. The highest BCUT2D eigenvalue weighted by atomic mass is 16.6. The van der Waals surface area contributed by atoms with Crippen LogP contribution in [0, 0.1) is 0 Å². The highest BCUT2D eigenvalue weighted by Crippen LogP contribution is 2.47. The lowest BCUT2D eigenvalue weighted by Crippen LogP contribution is -2.36. The van der Waals surface area contributed by atoms with Gasteiger partial charge < -0.3 is 24.3 Å². The molecule has 0 radical (unpaired) electrons. The first-order valence-electron chi connectivity index (χ1n) is 12.2. The van der Waals surface area contributed by atoms with E-state index in [4.69, 9.17) is 18.9 Å². The Kier molecular flexibility index (Phi) is 7.66. The molecule has 0 unspecified atom stereocenters. The van der Waals surface area contributed by atoms with Gasteiger partial charge >= 0.3 is 11.9 Å². The van der Waals surface area contributed by atoms with Crippen LogP contribution in [0.25, 0.3) is 0 Å². The first-order chi connectivity index (χ1) is 17.8. The van der Waals surface area contributed by atoms with E-state index in [1.165, 1.54) is 14.0 Å². The molecular weight excluding hydrogens is 474 g/mol. The van der Waals surface area contributed by atoms with Gasteiger partial charge in [-0.3, -0.25) is 9.59 Å². The molecule has 8 heteroatoms. The number of ketones is 1. The molecule has 2 aromatic carbocycles. The van der Waals surface area contributed by atoms with E-state index in [0.717, 1.165) is 17.0 Å². The number of benzene rings is 2. The molecule has 8 nitrogen and oxygen atoms in total. The third kappa shape index (κ3) is 5.23. The number of esters is 2. The Bertz CT molecular complexity index is 1290. The smallest absolute Gasteiger partial charge is 0.336 e. The Balaban J connectivity index is 1.80. The van der Waals surface area contributed by atoms with Gasteiger partial charge in [-0.05, 0) is 61.6 Å². The first-order valence-corrected chi connectivity index (χ1v) is 12.2. The summed E-state index contributed by atoms with van der Waals surface area (Å²) in [7, 11) is 2.94. The second kappa shape index (κ2) is 10.9. The van der Waals surface area contributed by atoms with E-state index >= 15 is 0 Å². The minimum atomic E-state index is -0.654. The van der Waals surface area contributed by atoms with Crippen LogP contribution in [0.3, 0.4) is 0 Å². The molecule has 0 saturated heterocycles. The maximum absolute atomic E-state index is 13.7. The normalized spacial score (nSPS) is 19.1. The molecule has 0 aromatic heterocycles. The van der Waals surface area contributed by atoms with Gasteiger partial charge in [0.1, 0.15) is 5.75 Å². The molecule has 37 heavy (non-hydrogen) atoms. The molecule has 2 aliphatic rings. The van der Waals surface area contributed by atoms with Crippen LogP contribution in [0.2, 0.25) is 0 Å². The third-order valence-corrected chi connectivity index (χ3v) is 6.67. The zero-order chi connectivity index (χ0) is 26.7. The number of allylic oxidation sites excluding steroid dienone is 3. The maximum Gasteiger partial charge on any atom is 0.336 e. The van der Waals surface area contributed by atoms with Crippen molar-refractivity contribution >= 4 is 17.7 Å². The van der Waals surface area contributed by atoms with Crippen LogP contribution in [0.4, 0.5) is 0 Å². The number of carbonyl (C=O) groups is 3. The molecule has 1 heterocycles. The van der Waals surface area contributed by atoms with Crippen LogP contribution in [0.5, 0.6) is 17.2 Å². The van der Waals surface area contributed by atoms with Gasteiger partial charge in [0.15, 0.2) is 17.3 Å². The number of Topliss-reactive ketones (excluding diaryl/α,β-unsaturated/α-hetero) is 1. The second-order valence-electron chi connectivity index (χ2n) is 9.01. The molecule has 4 rings (SSSR count). The van der Waals surface area contributed by atoms with Crippen molar-refractivity contribution in [2.45, 2.75) is 45.4 Å². The monoisotopic (exact) mass is 505 g/mol. The molecule has 0 saturated carbocycles. The summed E-state index contributed by atoms with van der Waals surface area (Å²) in [5.74, 6) is -0.317. The number of hydrogen-bond acceptors (Lipinski definition) is 8. The number of ether oxygens (including phenoxy) is 4. The van der Waals surface area contributed by atoms with Crippen molar-refractivity contribution in [2.24, 2.45) is 0 Å². The Morgan fingerprint density at radius 3 is 2.32 bits per heavy atom. The summed E-state index contributed by atoms with van der Waals surface area (Å²) < 4.78 is 21.4. The van der Waals surface area contributed by atoms with Crippen LogP contribution in [-0.4, -0.2) is 38.5 Å². The molecule has 2 aromatic rings. The summed E-state index contributed by atoms with van der Waals surface area (Å²) in [6, 6.07) is 12.8. The topological polar surface area (TPSA) is 100 Å². The molecule has 0 spiro atoms. The molecule has 194 valence electrons. The van der Waals surface area contributed by atoms with Gasteiger partial charge in [0.05, 0.1) is 26.4 Å². The first kappa shape index (κ1) is 26.0. The van der Waals surface area contributed by atoms with Crippen molar-refractivity contribution < 1.29 is 33.3 Å². The van der Waals surface area contributed by atoms with Gasteiger partial charge in [-0.25, -0.2) is 4.79 Å². The summed E-state index contributed by atoms with van der Waals surface area (Å²) in [5, 5.41) is 3.33. The Morgan fingerprint density at radius 2 is 1.70 bits per heavy atom. The van der Waals surface area contributed by atoms with E-state index in [1.807, 2.05) is 31.2 Å². The summed E-state index contributed by atoms with van der Waals surface area (Å²) in [5.41, 5.74) is 4.03. The predicted molar refractivity (Wildman–Crippen MR) is 137 cm³/mol. The van der Waals surface area contributed by atoms with Crippen LogP contribution >= 0.6 is 0 Å². The summed E-state index contributed by atoms with van der Waals surface area (Å²) >= 11 is 0. The average molecular weight is 506 g/mol. The van der Waals surface area contributed by atoms with Crippen molar-refractivity contribution in [3.05, 3.63) is 76.1 Å². The van der Waals surface area contributed by atoms with E-state index in [0.29, 0.717) is 47.6 Å². The minimum absolute atomic E-state index is 0.0110. The number of methoxy groups -OCH3 is 2. The number of hydrogen-bond donors (Lipinski definition) is 1. The zero-order valence-electron chi connectivity index (χ0n) is 21.7. The fourth-order valence-electron chi connectivity index (χ4n) is 5.08. The van der Waals surface area contributed by atoms with Gasteiger partial charge in [-0.1, -0.05) is 18.2 Å². The zero-order valence-corrected chi connectivity index (χ0v) is 21.7. The number of nitrogens with one attached hydrogen (secondary N) is 1. The number of carbonyl (C=O) groups excluding carboxylic acids is 3. The van der Waals surface area contributed by atoms with E-state index in [1.54, 1.807) is 32.2 Å². The van der Waals surface area contributed by atoms with Crippen LogP contribution in [0.1, 0.15) is 56.6 Å². The van der Waals surface area contributed by atoms with Crippen molar-refractivity contribution in [2.75, 3.05) is 20.8 Å². The van der Waals surface area contributed by atoms with Gasteiger partial charge in [0.2, 0.25) is 0 Å². The molecule has 1 aliphatic carbocycles. The van der Waals surface area contributed by atoms with E-state index in [-0.39, 0.29) is 17.5 Å². The van der Waals surface area contributed by atoms with E-state index in [2.05, 4.69) is 5.32 Å². The molecule has 0 fully saturated rings. The van der Waals surface area contributed by atoms with Gasteiger partial charge in [0.25, 0.3) is 0 Å². The van der Waals surface area contributed by atoms with Gasteiger partial charge in [0, 0.05) is 36.2 Å². The lowest BCUT2D eigenvalue weighted by atomic mass is 9.71. The SMILES string of the molecule is CCOc1cc([C@@H]2C(C(=O)OC)=C(C)NC3=C2C(=O)C[C@@H](c2ccc(OC)cc2)C3)ccc1OC(C)=O.